The summed E-state index contributed by atoms with van der Waals surface area (Å²) >= 11 is 0. The van der Waals surface area contributed by atoms with Gasteiger partial charge in [0.1, 0.15) is 6.04 Å². The first-order valence-corrected chi connectivity index (χ1v) is 8.75. The van der Waals surface area contributed by atoms with Gasteiger partial charge >= 0.3 is 0 Å². The molecule has 0 saturated carbocycles. The molecule has 140 valence electrons. The van der Waals surface area contributed by atoms with Gasteiger partial charge in [-0.1, -0.05) is 61.6 Å². The highest BCUT2D eigenvalue weighted by Crippen LogP contribution is 2.34. The van der Waals surface area contributed by atoms with Crippen LogP contribution in [0.25, 0.3) is 0 Å². The second kappa shape index (κ2) is 8.78. The third-order valence-electron chi connectivity index (χ3n) is 4.67. The number of benzene rings is 1. The number of carbonyl (C=O) groups excluding carboxylic acids is 2. The van der Waals surface area contributed by atoms with E-state index >= 15 is 0 Å². The zero-order valence-corrected chi connectivity index (χ0v) is 15.5. The van der Waals surface area contributed by atoms with Gasteiger partial charge in [0.2, 0.25) is 5.91 Å². The molecule has 0 radical (unpaired) electrons. The van der Waals surface area contributed by atoms with Crippen LogP contribution in [0.15, 0.2) is 54.6 Å². The van der Waals surface area contributed by atoms with Crippen molar-refractivity contribution in [3.05, 3.63) is 60.2 Å². The molecule has 2 amide bonds. The molecule has 3 N–H and O–H groups in total. The number of rotatable bonds is 7. The van der Waals surface area contributed by atoms with Crippen molar-refractivity contribution in [3.63, 3.8) is 0 Å². The van der Waals surface area contributed by atoms with Crippen LogP contribution in [0.3, 0.4) is 0 Å². The van der Waals surface area contributed by atoms with E-state index in [-0.39, 0.29) is 18.4 Å². The van der Waals surface area contributed by atoms with Gasteiger partial charge in [-0.25, -0.2) is 5.48 Å². The molecule has 0 aromatic heterocycles. The lowest BCUT2D eigenvalue weighted by molar-refractivity contribution is -0.136. The molecule has 1 aliphatic carbocycles. The van der Waals surface area contributed by atoms with E-state index in [9.17, 15) is 9.59 Å². The second-order valence-electron chi connectivity index (χ2n) is 6.81. The number of allylic oxidation sites excluding steroid dienone is 2. The molecule has 6 heteroatoms. The van der Waals surface area contributed by atoms with E-state index in [1.54, 1.807) is 24.5 Å². The van der Waals surface area contributed by atoms with Crippen molar-refractivity contribution in [2.75, 3.05) is 20.6 Å². The third-order valence-corrected chi connectivity index (χ3v) is 4.67. The van der Waals surface area contributed by atoms with Crippen LogP contribution in [0.1, 0.15) is 24.8 Å². The highest BCUT2D eigenvalue weighted by atomic mass is 16.5. The minimum atomic E-state index is -0.834. The largest absolute Gasteiger partial charge is 0.342 e. The van der Waals surface area contributed by atoms with Crippen LogP contribution < -0.4 is 10.8 Å². The summed E-state index contributed by atoms with van der Waals surface area (Å²) in [5.41, 5.74) is 1.98. The van der Waals surface area contributed by atoms with Gasteiger partial charge in [-0.2, -0.15) is 0 Å². The average Bonchev–Trinajstić information content (AvgIpc) is 2.67. The topological polar surface area (TPSA) is 81.7 Å². The van der Waals surface area contributed by atoms with E-state index in [1.165, 1.54) is 0 Å². The molecule has 0 aliphatic heterocycles. The molecule has 0 unspecified atom stereocenters. The molecule has 26 heavy (non-hydrogen) atoms. The zero-order valence-electron chi connectivity index (χ0n) is 15.5. The Labute approximate surface area is 154 Å². The summed E-state index contributed by atoms with van der Waals surface area (Å²) in [7, 11) is 3.59. The van der Waals surface area contributed by atoms with Gasteiger partial charge < -0.3 is 10.2 Å². The number of hydrogen-bond acceptors (Lipinski definition) is 4. The summed E-state index contributed by atoms with van der Waals surface area (Å²) in [4.78, 5) is 26.5. The summed E-state index contributed by atoms with van der Waals surface area (Å²) in [6.07, 6.45) is 8.42. The first kappa shape index (κ1) is 19.9. The van der Waals surface area contributed by atoms with Crippen LogP contribution in [0.4, 0.5) is 0 Å². The molecule has 1 aliphatic rings. The fourth-order valence-electron chi connectivity index (χ4n) is 3.05. The van der Waals surface area contributed by atoms with E-state index in [1.807, 2.05) is 49.4 Å². The van der Waals surface area contributed by atoms with E-state index in [2.05, 4.69) is 17.4 Å². The number of nitrogens with zero attached hydrogens (tertiary/aromatic N) is 1. The Morgan fingerprint density at radius 2 is 1.81 bits per heavy atom. The summed E-state index contributed by atoms with van der Waals surface area (Å²) in [6, 6.07) is 9.23. The SMILES string of the molecule is CCC1(C(=O)N[C@@H](CN(C)C)C(=O)NO)C=CC(c2ccccc2)C=C1. The number of likely N-dealkylation sites (N-methyl/N-ethyl adjacent to an activating group) is 1. The molecule has 1 aromatic rings. The van der Waals surface area contributed by atoms with Crippen LogP contribution in [-0.2, 0) is 9.59 Å². The normalized spacial score (nSPS) is 22.9. The lowest BCUT2D eigenvalue weighted by Gasteiger charge is -2.31. The van der Waals surface area contributed by atoms with E-state index in [0.29, 0.717) is 6.42 Å². The van der Waals surface area contributed by atoms with Crippen LogP contribution in [-0.4, -0.2) is 48.6 Å². The van der Waals surface area contributed by atoms with Gasteiger partial charge in [-0.15, -0.1) is 0 Å². The van der Waals surface area contributed by atoms with Crippen molar-refractivity contribution < 1.29 is 14.8 Å². The second-order valence-corrected chi connectivity index (χ2v) is 6.81. The highest BCUT2D eigenvalue weighted by Gasteiger charge is 2.36. The Balaban J connectivity index is 2.15. The van der Waals surface area contributed by atoms with Crippen LogP contribution >= 0.6 is 0 Å². The van der Waals surface area contributed by atoms with Crippen molar-refractivity contribution in [1.29, 1.82) is 0 Å². The van der Waals surface area contributed by atoms with E-state index in [4.69, 9.17) is 5.21 Å². The molecule has 0 bridgehead atoms. The predicted molar refractivity (Wildman–Crippen MR) is 101 cm³/mol. The van der Waals surface area contributed by atoms with Crippen molar-refractivity contribution in [3.8, 4) is 0 Å². The summed E-state index contributed by atoms with van der Waals surface area (Å²) in [6.45, 7) is 2.22. The van der Waals surface area contributed by atoms with Gasteiger partial charge in [0, 0.05) is 12.5 Å². The molecule has 1 aromatic carbocycles. The van der Waals surface area contributed by atoms with Crippen LogP contribution in [0.2, 0.25) is 0 Å². The number of hydroxylamine groups is 1. The fourth-order valence-corrected chi connectivity index (χ4v) is 3.05. The standard InChI is InChI=1S/C20H27N3O3/c1-4-20(19(25)21-17(14-23(2)3)18(24)22-26)12-10-16(11-13-20)15-8-6-5-7-9-15/h5-13,16-17,26H,4,14H2,1-3H3,(H,21,25)(H,22,24)/t16?,17-,20?/m0/s1. The Morgan fingerprint density at radius 1 is 1.19 bits per heavy atom. The molecule has 2 rings (SSSR count). The van der Waals surface area contributed by atoms with Crippen molar-refractivity contribution >= 4 is 11.8 Å². The third kappa shape index (κ3) is 4.59. The lowest BCUT2D eigenvalue weighted by atomic mass is 9.77. The van der Waals surface area contributed by atoms with Crippen molar-refractivity contribution in [2.45, 2.75) is 25.3 Å². The first-order valence-electron chi connectivity index (χ1n) is 8.75. The van der Waals surface area contributed by atoms with Crippen LogP contribution in [0.5, 0.6) is 0 Å². The predicted octanol–water partition coefficient (Wildman–Crippen LogP) is 1.84. The number of carbonyl (C=O) groups is 2. The van der Waals surface area contributed by atoms with E-state index in [0.717, 1.165) is 5.56 Å². The Bertz CT molecular complexity index is 669. The highest BCUT2D eigenvalue weighted by molar-refractivity contribution is 5.92. The monoisotopic (exact) mass is 357 g/mol. The molecule has 0 heterocycles. The number of nitrogens with one attached hydrogen (secondary N) is 2. The first-order chi connectivity index (χ1) is 12.4. The smallest absolute Gasteiger partial charge is 0.267 e. The summed E-state index contributed by atoms with van der Waals surface area (Å²) < 4.78 is 0. The summed E-state index contributed by atoms with van der Waals surface area (Å²) in [5.74, 6) is -0.763. The maximum Gasteiger partial charge on any atom is 0.267 e. The fraction of sp³-hybridized carbons (Fsp3) is 0.400. The average molecular weight is 357 g/mol. The van der Waals surface area contributed by atoms with Gasteiger partial charge in [0.25, 0.3) is 5.91 Å². The molecular formula is C20H27N3O3. The quantitative estimate of drug-likeness (QED) is 0.395. The molecule has 0 fully saturated rings. The summed E-state index contributed by atoms with van der Waals surface area (Å²) in [5, 5.41) is 11.7. The number of amides is 2. The molecular weight excluding hydrogens is 330 g/mol. The van der Waals surface area contributed by atoms with E-state index < -0.39 is 17.4 Å². The molecule has 0 saturated heterocycles. The Morgan fingerprint density at radius 3 is 2.31 bits per heavy atom. The molecule has 0 spiro atoms. The molecule has 1 atom stereocenters. The Hall–Kier alpha value is -2.44. The van der Waals surface area contributed by atoms with Gasteiger partial charge in [-0.3, -0.25) is 14.8 Å². The zero-order chi connectivity index (χ0) is 19.2. The molecule has 6 nitrogen and oxygen atoms in total. The lowest BCUT2D eigenvalue weighted by Crippen LogP contribution is -2.54. The van der Waals surface area contributed by atoms with Crippen LogP contribution in [0, 0.1) is 5.41 Å². The minimum absolute atomic E-state index is 0.127. The minimum Gasteiger partial charge on any atom is -0.342 e. The van der Waals surface area contributed by atoms with Crippen molar-refractivity contribution in [2.24, 2.45) is 5.41 Å². The number of hydrogen-bond donors (Lipinski definition) is 3. The van der Waals surface area contributed by atoms with Gasteiger partial charge in [-0.05, 0) is 26.1 Å². The maximum atomic E-state index is 12.9. The van der Waals surface area contributed by atoms with Crippen molar-refractivity contribution in [1.82, 2.24) is 15.7 Å². The van der Waals surface area contributed by atoms with Gasteiger partial charge in [0.05, 0.1) is 5.41 Å². The van der Waals surface area contributed by atoms with Gasteiger partial charge in [0.15, 0.2) is 0 Å². The Kier molecular flexibility index (Phi) is 6.71. The maximum absolute atomic E-state index is 12.9.